The fraction of sp³-hybridized carbons (Fsp3) is 0.462. The third kappa shape index (κ3) is 4.87. The van der Waals surface area contributed by atoms with Crippen LogP contribution in [0.1, 0.15) is 23.2 Å². The maximum atomic E-state index is 12.0. The Morgan fingerprint density at radius 1 is 1.48 bits per heavy atom. The summed E-state index contributed by atoms with van der Waals surface area (Å²) in [7, 11) is -3.45. The summed E-state index contributed by atoms with van der Waals surface area (Å²) in [6.45, 7) is 1.17. The van der Waals surface area contributed by atoms with Crippen LogP contribution in [0.3, 0.4) is 0 Å². The Labute approximate surface area is 128 Å². The molecule has 1 aromatic carbocycles. The van der Waals surface area contributed by atoms with E-state index in [1.165, 1.54) is 12.1 Å². The molecule has 0 bridgehead atoms. The number of benzene rings is 1. The number of halogens is 1. The zero-order valence-corrected chi connectivity index (χ0v) is 13.1. The first-order valence-electron chi connectivity index (χ1n) is 6.52. The quantitative estimate of drug-likeness (QED) is 0.858. The Kier molecular flexibility index (Phi) is 5.08. The van der Waals surface area contributed by atoms with E-state index in [4.69, 9.17) is 16.3 Å². The highest BCUT2D eigenvalue weighted by molar-refractivity contribution is 7.92. The fourth-order valence-corrected chi connectivity index (χ4v) is 2.85. The van der Waals surface area contributed by atoms with Crippen molar-refractivity contribution >= 4 is 33.2 Å². The molecule has 8 heteroatoms. The number of rotatable bonds is 5. The van der Waals surface area contributed by atoms with Gasteiger partial charge in [-0.05, 0) is 31.0 Å². The van der Waals surface area contributed by atoms with Gasteiger partial charge in [0.05, 0.1) is 23.1 Å². The zero-order valence-electron chi connectivity index (χ0n) is 11.6. The first kappa shape index (κ1) is 16.1. The van der Waals surface area contributed by atoms with Crippen LogP contribution >= 0.6 is 11.6 Å². The predicted molar refractivity (Wildman–Crippen MR) is 81.2 cm³/mol. The van der Waals surface area contributed by atoms with Crippen molar-refractivity contribution in [3.63, 3.8) is 0 Å². The van der Waals surface area contributed by atoms with E-state index in [0.717, 1.165) is 25.7 Å². The minimum Gasteiger partial charge on any atom is -0.376 e. The third-order valence-corrected chi connectivity index (χ3v) is 3.96. The lowest BCUT2D eigenvalue weighted by atomic mass is 10.2. The van der Waals surface area contributed by atoms with Crippen LogP contribution in [0.25, 0.3) is 0 Å². The number of anilines is 1. The predicted octanol–water partition coefficient (Wildman–Crippen LogP) is 1.62. The van der Waals surface area contributed by atoms with Crippen LogP contribution in [0.2, 0.25) is 5.02 Å². The number of nitrogens with one attached hydrogen (secondary N) is 2. The maximum absolute atomic E-state index is 12.0. The molecule has 1 heterocycles. The first-order valence-corrected chi connectivity index (χ1v) is 8.79. The van der Waals surface area contributed by atoms with Crippen LogP contribution in [0.4, 0.5) is 5.69 Å². The van der Waals surface area contributed by atoms with Crippen molar-refractivity contribution in [1.29, 1.82) is 0 Å². The van der Waals surface area contributed by atoms with Gasteiger partial charge in [0, 0.05) is 18.7 Å². The van der Waals surface area contributed by atoms with E-state index in [-0.39, 0.29) is 22.7 Å². The first-order chi connectivity index (χ1) is 9.85. The van der Waals surface area contributed by atoms with Crippen LogP contribution in [0.15, 0.2) is 18.2 Å². The molecule has 0 aromatic heterocycles. The number of carbonyl (C=O) groups is 1. The molecule has 1 saturated heterocycles. The van der Waals surface area contributed by atoms with Gasteiger partial charge >= 0.3 is 0 Å². The second kappa shape index (κ2) is 6.64. The summed E-state index contributed by atoms with van der Waals surface area (Å²) < 4.78 is 30.2. The number of carbonyl (C=O) groups excluding carboxylic acids is 1. The highest BCUT2D eigenvalue weighted by atomic mass is 35.5. The van der Waals surface area contributed by atoms with Crippen molar-refractivity contribution < 1.29 is 17.9 Å². The molecule has 2 N–H and O–H groups in total. The summed E-state index contributed by atoms with van der Waals surface area (Å²) in [5.74, 6) is -0.293. The SMILES string of the molecule is CS(=O)(=O)Nc1cc(C(=O)NCC2CCCO2)ccc1Cl. The van der Waals surface area contributed by atoms with Gasteiger partial charge in [0.25, 0.3) is 5.91 Å². The van der Waals surface area contributed by atoms with Gasteiger partial charge in [-0.3, -0.25) is 9.52 Å². The maximum Gasteiger partial charge on any atom is 0.251 e. The molecule has 1 aliphatic rings. The molecule has 1 atom stereocenters. The Balaban J connectivity index is 2.04. The summed E-state index contributed by atoms with van der Waals surface area (Å²) in [5.41, 5.74) is 0.521. The van der Waals surface area contributed by atoms with Gasteiger partial charge in [0.15, 0.2) is 0 Å². The minimum atomic E-state index is -3.45. The highest BCUT2D eigenvalue weighted by Crippen LogP contribution is 2.24. The van der Waals surface area contributed by atoms with Crippen molar-refractivity contribution in [2.45, 2.75) is 18.9 Å². The molecule has 1 fully saturated rings. The largest absolute Gasteiger partial charge is 0.376 e. The van der Waals surface area contributed by atoms with Crippen LogP contribution in [0.5, 0.6) is 0 Å². The summed E-state index contributed by atoms with van der Waals surface area (Å²) in [4.78, 5) is 12.0. The van der Waals surface area contributed by atoms with Crippen molar-refractivity contribution in [3.8, 4) is 0 Å². The van der Waals surface area contributed by atoms with E-state index in [9.17, 15) is 13.2 Å². The van der Waals surface area contributed by atoms with Crippen LogP contribution in [-0.2, 0) is 14.8 Å². The highest BCUT2D eigenvalue weighted by Gasteiger charge is 2.17. The Hall–Kier alpha value is -1.31. The molecule has 0 spiro atoms. The van der Waals surface area contributed by atoms with E-state index < -0.39 is 10.0 Å². The summed E-state index contributed by atoms with van der Waals surface area (Å²) in [5, 5.41) is 3.00. The van der Waals surface area contributed by atoms with Crippen molar-refractivity contribution in [2.75, 3.05) is 24.1 Å². The summed E-state index contributed by atoms with van der Waals surface area (Å²) in [6, 6.07) is 4.44. The lowest BCUT2D eigenvalue weighted by molar-refractivity contribution is 0.0858. The van der Waals surface area contributed by atoms with E-state index >= 15 is 0 Å². The standard InChI is InChI=1S/C13H17ClN2O4S/c1-21(18,19)16-12-7-9(4-5-11(12)14)13(17)15-8-10-3-2-6-20-10/h4-5,7,10,16H,2-3,6,8H2,1H3,(H,15,17). The van der Waals surface area contributed by atoms with Gasteiger partial charge in [-0.2, -0.15) is 0 Å². The number of sulfonamides is 1. The molecule has 0 saturated carbocycles. The van der Waals surface area contributed by atoms with Crippen LogP contribution < -0.4 is 10.0 Å². The summed E-state index contributed by atoms with van der Waals surface area (Å²) in [6.07, 6.45) is 3.01. The molecule has 6 nitrogen and oxygen atoms in total. The molecular formula is C13H17ClN2O4S. The van der Waals surface area contributed by atoms with Gasteiger partial charge in [-0.25, -0.2) is 8.42 Å². The molecule has 1 aliphatic heterocycles. The molecule has 1 amide bonds. The zero-order chi connectivity index (χ0) is 15.5. The molecule has 1 aromatic rings. The monoisotopic (exact) mass is 332 g/mol. The normalized spacial score (nSPS) is 18.5. The molecular weight excluding hydrogens is 316 g/mol. The third-order valence-electron chi connectivity index (χ3n) is 3.04. The number of ether oxygens (including phenoxy) is 1. The fourth-order valence-electron chi connectivity index (χ4n) is 2.06. The van der Waals surface area contributed by atoms with Gasteiger partial charge in [-0.1, -0.05) is 11.6 Å². The minimum absolute atomic E-state index is 0.0508. The van der Waals surface area contributed by atoms with E-state index in [0.29, 0.717) is 12.1 Å². The smallest absolute Gasteiger partial charge is 0.251 e. The van der Waals surface area contributed by atoms with Crippen LogP contribution in [-0.4, -0.2) is 39.8 Å². The van der Waals surface area contributed by atoms with Gasteiger partial charge < -0.3 is 10.1 Å². The van der Waals surface area contributed by atoms with Crippen molar-refractivity contribution in [1.82, 2.24) is 5.32 Å². The molecule has 116 valence electrons. The number of amides is 1. The second-order valence-electron chi connectivity index (χ2n) is 4.91. The van der Waals surface area contributed by atoms with E-state index in [1.54, 1.807) is 6.07 Å². The molecule has 0 radical (unpaired) electrons. The Morgan fingerprint density at radius 2 is 2.24 bits per heavy atom. The Bertz CT molecular complexity index is 627. The summed E-state index contributed by atoms with van der Waals surface area (Å²) >= 11 is 5.91. The van der Waals surface area contributed by atoms with Gasteiger partial charge in [0.1, 0.15) is 0 Å². The van der Waals surface area contributed by atoms with Gasteiger partial charge in [-0.15, -0.1) is 0 Å². The molecule has 0 aliphatic carbocycles. The number of hydrogen-bond acceptors (Lipinski definition) is 4. The average molecular weight is 333 g/mol. The number of hydrogen-bond donors (Lipinski definition) is 2. The topological polar surface area (TPSA) is 84.5 Å². The molecule has 1 unspecified atom stereocenters. The van der Waals surface area contributed by atoms with E-state index in [2.05, 4.69) is 10.0 Å². The van der Waals surface area contributed by atoms with E-state index in [1.807, 2.05) is 0 Å². The lowest BCUT2D eigenvalue weighted by Crippen LogP contribution is -2.31. The van der Waals surface area contributed by atoms with Crippen molar-refractivity contribution in [2.24, 2.45) is 0 Å². The van der Waals surface area contributed by atoms with Crippen LogP contribution in [0, 0.1) is 0 Å². The van der Waals surface area contributed by atoms with Gasteiger partial charge in [0.2, 0.25) is 10.0 Å². The second-order valence-corrected chi connectivity index (χ2v) is 7.07. The van der Waals surface area contributed by atoms with Crippen molar-refractivity contribution in [3.05, 3.63) is 28.8 Å². The Morgan fingerprint density at radius 3 is 2.86 bits per heavy atom. The molecule has 21 heavy (non-hydrogen) atoms. The average Bonchev–Trinajstić information content (AvgIpc) is 2.90. The lowest BCUT2D eigenvalue weighted by Gasteiger charge is -2.12. The molecule has 2 rings (SSSR count).